The normalized spacial score (nSPS) is 21.9. The van der Waals surface area contributed by atoms with E-state index >= 15 is 0 Å². The number of likely N-dealkylation sites (tertiary alicyclic amines) is 1. The number of rotatable bonds is 8. The van der Waals surface area contributed by atoms with Gasteiger partial charge in [0.25, 0.3) is 0 Å². The quantitative estimate of drug-likeness (QED) is 0.748. The molecule has 1 aromatic carbocycles. The van der Waals surface area contributed by atoms with Gasteiger partial charge in [0.1, 0.15) is 12.7 Å². The summed E-state index contributed by atoms with van der Waals surface area (Å²) in [7, 11) is 1.66. The molecule has 0 aromatic heterocycles. The van der Waals surface area contributed by atoms with Crippen LogP contribution < -0.4 is 9.47 Å². The summed E-state index contributed by atoms with van der Waals surface area (Å²) in [6, 6.07) is 6.11. The van der Waals surface area contributed by atoms with E-state index in [0.29, 0.717) is 12.3 Å². The van der Waals surface area contributed by atoms with Gasteiger partial charge in [-0.15, -0.1) is 0 Å². The number of ether oxygens (including phenoxy) is 3. The maximum Gasteiger partial charge on any atom is 0.161 e. The number of hydrogen-bond donors (Lipinski definition) is 1. The topological polar surface area (TPSA) is 54.4 Å². The number of hydrogen-bond acceptors (Lipinski definition) is 6. The monoisotopic (exact) mass is 378 g/mol. The van der Waals surface area contributed by atoms with Crippen LogP contribution in [0.5, 0.6) is 11.5 Å². The van der Waals surface area contributed by atoms with Crippen molar-refractivity contribution in [3.05, 3.63) is 23.8 Å². The summed E-state index contributed by atoms with van der Waals surface area (Å²) in [5.74, 6) is 1.41. The zero-order valence-corrected chi connectivity index (χ0v) is 16.9. The van der Waals surface area contributed by atoms with Gasteiger partial charge in [0.05, 0.1) is 20.3 Å². The predicted octanol–water partition coefficient (Wildman–Crippen LogP) is 2.14. The van der Waals surface area contributed by atoms with Gasteiger partial charge in [-0.05, 0) is 50.9 Å². The highest BCUT2D eigenvalue weighted by Crippen LogP contribution is 2.33. The number of methoxy groups -OCH3 is 1. The van der Waals surface area contributed by atoms with Crippen LogP contribution in [0.3, 0.4) is 0 Å². The van der Waals surface area contributed by atoms with Crippen molar-refractivity contribution < 1.29 is 19.3 Å². The Labute approximate surface area is 163 Å². The summed E-state index contributed by atoms with van der Waals surface area (Å²) in [5.41, 5.74) is 1.48. The number of nitrogens with zero attached hydrogens (tertiary/aromatic N) is 2. The number of β-amino-alcohol motifs (C(OH)–C–C–N with tert-alkyl or cyclic N) is 1. The minimum Gasteiger partial charge on any atom is -0.493 e. The molecule has 0 amide bonds. The standard InChI is InChI=1S/C21H34N2O4/c1-21(2)7-4-8-23(21)14-17-5-6-19(20(13-17)25-3)27-16-18(24)15-22-9-11-26-12-10-22/h5-6,13,18,24H,4,7-12,14-16H2,1-3H3/t18-/m1/s1. The van der Waals surface area contributed by atoms with E-state index in [1.54, 1.807) is 7.11 Å². The lowest BCUT2D eigenvalue weighted by atomic mass is 10.0. The number of morpholine rings is 1. The Bertz CT molecular complexity index is 602. The highest BCUT2D eigenvalue weighted by atomic mass is 16.5. The molecule has 6 nitrogen and oxygen atoms in total. The molecule has 2 saturated heterocycles. The van der Waals surface area contributed by atoms with Crippen molar-refractivity contribution in [2.45, 2.75) is 44.9 Å². The van der Waals surface area contributed by atoms with E-state index in [9.17, 15) is 5.11 Å². The van der Waals surface area contributed by atoms with Crippen LogP contribution in [0.2, 0.25) is 0 Å². The van der Waals surface area contributed by atoms with Gasteiger partial charge in [-0.3, -0.25) is 9.80 Å². The van der Waals surface area contributed by atoms with Gasteiger partial charge >= 0.3 is 0 Å². The average Bonchev–Trinajstić information content (AvgIpc) is 2.99. The van der Waals surface area contributed by atoms with Gasteiger partial charge in [0.15, 0.2) is 11.5 Å². The average molecular weight is 379 g/mol. The summed E-state index contributed by atoms with van der Waals surface area (Å²) >= 11 is 0. The van der Waals surface area contributed by atoms with Crippen LogP contribution in [0.25, 0.3) is 0 Å². The Morgan fingerprint density at radius 3 is 2.63 bits per heavy atom. The lowest BCUT2D eigenvalue weighted by molar-refractivity contribution is 0.00445. The Balaban J connectivity index is 1.54. The molecule has 0 radical (unpaired) electrons. The maximum absolute atomic E-state index is 10.3. The first-order chi connectivity index (χ1) is 13.0. The molecule has 0 bridgehead atoms. The molecule has 0 unspecified atom stereocenters. The van der Waals surface area contributed by atoms with Gasteiger partial charge in [-0.2, -0.15) is 0 Å². The van der Waals surface area contributed by atoms with Crippen molar-refractivity contribution >= 4 is 0 Å². The molecule has 0 spiro atoms. The van der Waals surface area contributed by atoms with Crippen molar-refractivity contribution in [3.63, 3.8) is 0 Å². The molecule has 1 aromatic rings. The van der Waals surface area contributed by atoms with Crippen LogP contribution >= 0.6 is 0 Å². The van der Waals surface area contributed by atoms with Gasteiger partial charge in [-0.25, -0.2) is 0 Å². The second kappa shape index (κ2) is 9.24. The number of aliphatic hydroxyl groups excluding tert-OH is 1. The highest BCUT2D eigenvalue weighted by Gasteiger charge is 2.31. The van der Waals surface area contributed by atoms with E-state index in [1.807, 2.05) is 6.07 Å². The van der Waals surface area contributed by atoms with E-state index in [-0.39, 0.29) is 12.1 Å². The minimum absolute atomic E-state index is 0.256. The fourth-order valence-electron chi connectivity index (χ4n) is 3.93. The van der Waals surface area contributed by atoms with Gasteiger partial charge in [0.2, 0.25) is 0 Å². The first-order valence-electron chi connectivity index (χ1n) is 10.0. The second-order valence-electron chi connectivity index (χ2n) is 8.20. The number of benzene rings is 1. The molecule has 1 N–H and O–H groups in total. The summed E-state index contributed by atoms with van der Waals surface area (Å²) in [4.78, 5) is 4.73. The second-order valence-corrected chi connectivity index (χ2v) is 8.20. The summed E-state index contributed by atoms with van der Waals surface area (Å²) in [5, 5.41) is 10.3. The molecule has 0 aliphatic carbocycles. The fraction of sp³-hybridized carbons (Fsp3) is 0.714. The summed E-state index contributed by atoms with van der Waals surface area (Å²) in [6.07, 6.45) is 1.97. The molecule has 1 atom stereocenters. The molecule has 2 heterocycles. The third-order valence-corrected chi connectivity index (χ3v) is 5.68. The van der Waals surface area contributed by atoms with E-state index in [2.05, 4.69) is 35.8 Å². The van der Waals surface area contributed by atoms with E-state index in [4.69, 9.17) is 14.2 Å². The van der Waals surface area contributed by atoms with Crippen molar-refractivity contribution in [1.82, 2.24) is 9.80 Å². The molecule has 6 heteroatoms. The van der Waals surface area contributed by atoms with Crippen molar-refractivity contribution in [1.29, 1.82) is 0 Å². The Kier molecular flexibility index (Phi) is 6.98. The minimum atomic E-state index is -0.530. The molecular formula is C21H34N2O4. The smallest absolute Gasteiger partial charge is 0.161 e. The molecule has 2 aliphatic rings. The highest BCUT2D eigenvalue weighted by molar-refractivity contribution is 5.43. The third kappa shape index (κ3) is 5.57. The zero-order valence-electron chi connectivity index (χ0n) is 16.9. The molecule has 2 aliphatic heterocycles. The molecule has 27 heavy (non-hydrogen) atoms. The van der Waals surface area contributed by atoms with Crippen molar-refractivity contribution in [3.8, 4) is 11.5 Å². The van der Waals surface area contributed by atoms with E-state index in [1.165, 1.54) is 18.4 Å². The Hall–Kier alpha value is -1.34. The summed E-state index contributed by atoms with van der Waals surface area (Å²) in [6.45, 7) is 10.7. The van der Waals surface area contributed by atoms with Gasteiger partial charge in [0, 0.05) is 31.7 Å². The van der Waals surface area contributed by atoms with Crippen LogP contribution in [-0.4, -0.2) is 79.7 Å². The first-order valence-corrected chi connectivity index (χ1v) is 10.0. The number of aliphatic hydroxyl groups is 1. The van der Waals surface area contributed by atoms with E-state index < -0.39 is 6.10 Å². The lowest BCUT2D eigenvalue weighted by Crippen LogP contribution is -2.42. The van der Waals surface area contributed by atoms with Crippen LogP contribution in [0.15, 0.2) is 18.2 Å². The predicted molar refractivity (Wildman–Crippen MR) is 105 cm³/mol. The zero-order chi connectivity index (χ0) is 19.3. The first kappa shape index (κ1) is 20.4. The van der Waals surface area contributed by atoms with Crippen LogP contribution in [0.4, 0.5) is 0 Å². The van der Waals surface area contributed by atoms with Crippen molar-refractivity contribution in [2.75, 3.05) is 53.1 Å². The molecule has 0 saturated carbocycles. The van der Waals surface area contributed by atoms with Crippen LogP contribution in [0, 0.1) is 0 Å². The third-order valence-electron chi connectivity index (χ3n) is 5.68. The van der Waals surface area contributed by atoms with Crippen LogP contribution in [0.1, 0.15) is 32.3 Å². The largest absolute Gasteiger partial charge is 0.493 e. The maximum atomic E-state index is 10.3. The SMILES string of the molecule is COc1cc(CN2CCCC2(C)C)ccc1OC[C@H](O)CN1CCOCC1. The Morgan fingerprint density at radius 1 is 1.19 bits per heavy atom. The summed E-state index contributed by atoms with van der Waals surface area (Å²) < 4.78 is 16.7. The van der Waals surface area contributed by atoms with Crippen LogP contribution in [-0.2, 0) is 11.3 Å². The lowest BCUT2D eigenvalue weighted by Gasteiger charge is -2.31. The fourth-order valence-corrected chi connectivity index (χ4v) is 3.93. The van der Waals surface area contributed by atoms with Crippen molar-refractivity contribution in [2.24, 2.45) is 0 Å². The molecule has 152 valence electrons. The molecule has 2 fully saturated rings. The molecular weight excluding hydrogens is 344 g/mol. The van der Waals surface area contributed by atoms with E-state index in [0.717, 1.165) is 45.1 Å². The van der Waals surface area contributed by atoms with Gasteiger partial charge in [-0.1, -0.05) is 6.07 Å². The Morgan fingerprint density at radius 2 is 1.96 bits per heavy atom. The van der Waals surface area contributed by atoms with Gasteiger partial charge < -0.3 is 19.3 Å². The molecule has 3 rings (SSSR count).